The average Bonchev–Trinajstić information content (AvgIpc) is 2.33. The molecule has 0 saturated heterocycles. The van der Waals surface area contributed by atoms with Gasteiger partial charge in [-0.25, -0.2) is 0 Å². The van der Waals surface area contributed by atoms with Gasteiger partial charge in [-0.2, -0.15) is 0 Å². The molecule has 1 aromatic rings. The molecule has 0 radical (unpaired) electrons. The number of halogens is 1. The van der Waals surface area contributed by atoms with Gasteiger partial charge in [0.25, 0.3) is 0 Å². The lowest BCUT2D eigenvalue weighted by Gasteiger charge is -2.32. The monoisotopic (exact) mass is 297 g/mol. The number of hydrogen-bond acceptors (Lipinski definition) is 2. The van der Waals surface area contributed by atoms with Crippen LogP contribution in [0.2, 0.25) is 0 Å². The second kappa shape index (κ2) is 5.98. The molecule has 1 unspecified atom stereocenters. The third-order valence-electron chi connectivity index (χ3n) is 3.73. The highest BCUT2D eigenvalue weighted by atomic mass is 79.9. The number of aliphatic hydroxyl groups excluding tert-OH is 1. The van der Waals surface area contributed by atoms with Crippen molar-refractivity contribution in [2.24, 2.45) is 5.92 Å². The zero-order valence-corrected chi connectivity index (χ0v) is 11.8. The van der Waals surface area contributed by atoms with Crippen LogP contribution in [0, 0.1) is 5.92 Å². The van der Waals surface area contributed by atoms with Crippen LogP contribution < -0.4 is 5.32 Å². The lowest BCUT2D eigenvalue weighted by molar-refractivity contribution is 0.0981. The Bertz CT molecular complexity index is 361. The van der Waals surface area contributed by atoms with Gasteiger partial charge in [0.1, 0.15) is 0 Å². The largest absolute Gasteiger partial charge is 0.393 e. The standard InChI is InChI=1S/C14H20BrNO/c1-16-14(10-5-7-13(17)8-6-10)11-3-2-4-12(15)9-11/h2-4,9-10,13-14,16-17H,5-8H2,1H3. The van der Waals surface area contributed by atoms with Gasteiger partial charge < -0.3 is 10.4 Å². The normalized spacial score (nSPS) is 26.8. The molecule has 2 nitrogen and oxygen atoms in total. The molecule has 0 spiro atoms. The Hall–Kier alpha value is -0.380. The van der Waals surface area contributed by atoms with E-state index in [1.807, 2.05) is 7.05 Å². The van der Waals surface area contributed by atoms with Crippen molar-refractivity contribution in [3.8, 4) is 0 Å². The topological polar surface area (TPSA) is 32.3 Å². The van der Waals surface area contributed by atoms with E-state index >= 15 is 0 Å². The third-order valence-corrected chi connectivity index (χ3v) is 4.22. The van der Waals surface area contributed by atoms with E-state index < -0.39 is 0 Å². The van der Waals surface area contributed by atoms with Crippen molar-refractivity contribution < 1.29 is 5.11 Å². The van der Waals surface area contributed by atoms with Crippen molar-refractivity contribution in [2.45, 2.75) is 37.8 Å². The molecule has 0 aromatic heterocycles. The van der Waals surface area contributed by atoms with Gasteiger partial charge >= 0.3 is 0 Å². The van der Waals surface area contributed by atoms with E-state index in [9.17, 15) is 5.11 Å². The van der Waals surface area contributed by atoms with Crippen LogP contribution in [0.15, 0.2) is 28.7 Å². The summed E-state index contributed by atoms with van der Waals surface area (Å²) in [5.41, 5.74) is 1.34. The number of aliphatic hydroxyl groups is 1. The van der Waals surface area contributed by atoms with Crippen molar-refractivity contribution in [2.75, 3.05) is 7.05 Å². The molecular formula is C14H20BrNO. The van der Waals surface area contributed by atoms with Crippen molar-refractivity contribution in [3.63, 3.8) is 0 Å². The molecular weight excluding hydrogens is 278 g/mol. The number of rotatable bonds is 3. The summed E-state index contributed by atoms with van der Waals surface area (Å²) in [6.45, 7) is 0. The molecule has 1 aliphatic carbocycles. The minimum Gasteiger partial charge on any atom is -0.393 e. The van der Waals surface area contributed by atoms with Crippen LogP contribution in [0.4, 0.5) is 0 Å². The summed E-state index contributed by atoms with van der Waals surface area (Å²) in [5, 5.41) is 13.0. The molecule has 2 N–H and O–H groups in total. The summed E-state index contributed by atoms with van der Waals surface area (Å²) in [6.07, 6.45) is 4.03. The molecule has 1 aromatic carbocycles. The van der Waals surface area contributed by atoms with Crippen LogP contribution in [-0.4, -0.2) is 18.3 Å². The summed E-state index contributed by atoms with van der Waals surface area (Å²) in [7, 11) is 2.02. The Labute approximate surface area is 112 Å². The molecule has 0 bridgehead atoms. The van der Waals surface area contributed by atoms with E-state index in [1.165, 1.54) is 5.56 Å². The maximum absolute atomic E-state index is 9.57. The Morgan fingerprint density at radius 3 is 2.59 bits per heavy atom. The predicted molar refractivity (Wildman–Crippen MR) is 73.9 cm³/mol. The summed E-state index contributed by atoms with van der Waals surface area (Å²) < 4.78 is 1.13. The Balaban J connectivity index is 2.10. The SMILES string of the molecule is CNC(c1cccc(Br)c1)C1CCC(O)CC1. The first-order valence-corrected chi connectivity index (χ1v) is 7.11. The van der Waals surface area contributed by atoms with E-state index in [0.717, 1.165) is 30.2 Å². The zero-order valence-electron chi connectivity index (χ0n) is 10.2. The summed E-state index contributed by atoms with van der Waals surface area (Å²) in [4.78, 5) is 0. The summed E-state index contributed by atoms with van der Waals surface area (Å²) in [6, 6.07) is 8.91. The number of nitrogens with one attached hydrogen (secondary N) is 1. The van der Waals surface area contributed by atoms with E-state index in [4.69, 9.17) is 0 Å². The molecule has 94 valence electrons. The van der Waals surface area contributed by atoms with Crippen LogP contribution in [-0.2, 0) is 0 Å². The maximum Gasteiger partial charge on any atom is 0.0540 e. The molecule has 2 rings (SSSR count). The van der Waals surface area contributed by atoms with Crippen molar-refractivity contribution >= 4 is 15.9 Å². The van der Waals surface area contributed by atoms with Crippen LogP contribution >= 0.6 is 15.9 Å². The molecule has 1 aliphatic rings. The van der Waals surface area contributed by atoms with Crippen LogP contribution in [0.25, 0.3) is 0 Å². The number of hydrogen-bond donors (Lipinski definition) is 2. The fourth-order valence-corrected chi connectivity index (χ4v) is 3.23. The molecule has 0 aliphatic heterocycles. The van der Waals surface area contributed by atoms with E-state index in [-0.39, 0.29) is 6.10 Å². The Kier molecular flexibility index (Phi) is 4.60. The first kappa shape index (κ1) is 13.1. The second-order valence-electron chi connectivity index (χ2n) is 4.89. The summed E-state index contributed by atoms with van der Waals surface area (Å²) in [5.74, 6) is 0.637. The minimum atomic E-state index is -0.0775. The van der Waals surface area contributed by atoms with Gasteiger partial charge in [-0.3, -0.25) is 0 Å². The van der Waals surface area contributed by atoms with Gasteiger partial charge in [0.15, 0.2) is 0 Å². The van der Waals surface area contributed by atoms with Gasteiger partial charge in [-0.15, -0.1) is 0 Å². The molecule has 1 fully saturated rings. The lowest BCUT2D eigenvalue weighted by Crippen LogP contribution is -2.30. The Morgan fingerprint density at radius 1 is 1.29 bits per heavy atom. The summed E-state index contributed by atoms with van der Waals surface area (Å²) >= 11 is 3.53. The van der Waals surface area contributed by atoms with Crippen LogP contribution in [0.5, 0.6) is 0 Å². The quantitative estimate of drug-likeness (QED) is 0.897. The van der Waals surface area contributed by atoms with Crippen molar-refractivity contribution in [1.82, 2.24) is 5.32 Å². The fourth-order valence-electron chi connectivity index (χ4n) is 2.81. The highest BCUT2D eigenvalue weighted by Crippen LogP contribution is 2.34. The van der Waals surface area contributed by atoms with E-state index in [0.29, 0.717) is 12.0 Å². The fraction of sp³-hybridized carbons (Fsp3) is 0.571. The first-order valence-electron chi connectivity index (χ1n) is 6.31. The van der Waals surface area contributed by atoms with Gasteiger partial charge in [0.2, 0.25) is 0 Å². The van der Waals surface area contributed by atoms with Gasteiger partial charge in [-0.1, -0.05) is 28.1 Å². The first-order chi connectivity index (χ1) is 8.20. The number of benzene rings is 1. The Morgan fingerprint density at radius 2 is 2.00 bits per heavy atom. The molecule has 0 amide bonds. The highest BCUT2D eigenvalue weighted by Gasteiger charge is 2.26. The van der Waals surface area contributed by atoms with Crippen molar-refractivity contribution in [1.29, 1.82) is 0 Å². The van der Waals surface area contributed by atoms with Gasteiger partial charge in [0, 0.05) is 10.5 Å². The predicted octanol–water partition coefficient (Wildman–Crippen LogP) is 3.26. The molecule has 0 heterocycles. The second-order valence-corrected chi connectivity index (χ2v) is 5.81. The van der Waals surface area contributed by atoms with E-state index in [2.05, 4.69) is 45.5 Å². The third kappa shape index (κ3) is 3.30. The average molecular weight is 298 g/mol. The maximum atomic E-state index is 9.57. The minimum absolute atomic E-state index is 0.0775. The molecule has 1 saturated carbocycles. The lowest BCUT2D eigenvalue weighted by atomic mass is 9.80. The zero-order chi connectivity index (χ0) is 12.3. The van der Waals surface area contributed by atoms with Gasteiger partial charge in [0.05, 0.1) is 6.10 Å². The molecule has 17 heavy (non-hydrogen) atoms. The smallest absolute Gasteiger partial charge is 0.0540 e. The molecule has 3 heteroatoms. The molecule has 1 atom stereocenters. The van der Waals surface area contributed by atoms with E-state index in [1.54, 1.807) is 0 Å². The highest BCUT2D eigenvalue weighted by molar-refractivity contribution is 9.10. The van der Waals surface area contributed by atoms with Gasteiger partial charge in [-0.05, 0) is 56.3 Å². The van der Waals surface area contributed by atoms with Crippen molar-refractivity contribution in [3.05, 3.63) is 34.3 Å². The van der Waals surface area contributed by atoms with Crippen LogP contribution in [0.3, 0.4) is 0 Å². The van der Waals surface area contributed by atoms with Crippen LogP contribution in [0.1, 0.15) is 37.3 Å².